The van der Waals surface area contributed by atoms with Crippen LogP contribution in [0.25, 0.3) is 0 Å². The molecule has 2 heterocycles. The lowest BCUT2D eigenvalue weighted by atomic mass is 9.94. The Bertz CT molecular complexity index is 857. The molecule has 1 atom stereocenters. The highest BCUT2D eigenvalue weighted by atomic mass is 32.2. The van der Waals surface area contributed by atoms with Crippen molar-refractivity contribution in [2.75, 3.05) is 19.3 Å². The molecule has 6 nitrogen and oxygen atoms in total. The lowest BCUT2D eigenvalue weighted by Gasteiger charge is -2.32. The quantitative estimate of drug-likeness (QED) is 0.922. The van der Waals surface area contributed by atoms with Crippen molar-refractivity contribution in [3.63, 3.8) is 0 Å². The SMILES string of the molecule is Cc1cc([C@H]2CCCN(C(=O)c3cccc(S(C)(=O)=O)c3)C2)n[nH]1. The summed E-state index contributed by atoms with van der Waals surface area (Å²) in [6.45, 7) is 3.24. The molecule has 0 radical (unpaired) electrons. The van der Waals surface area contributed by atoms with Gasteiger partial charge >= 0.3 is 0 Å². The molecule has 3 rings (SSSR count). The summed E-state index contributed by atoms with van der Waals surface area (Å²) in [4.78, 5) is 14.7. The summed E-state index contributed by atoms with van der Waals surface area (Å²) in [5.74, 6) is 0.0863. The second-order valence-electron chi connectivity index (χ2n) is 6.37. The zero-order valence-corrected chi connectivity index (χ0v) is 14.6. The molecule has 7 heteroatoms. The summed E-state index contributed by atoms with van der Waals surface area (Å²) in [6.07, 6.45) is 3.05. The molecule has 2 aromatic rings. The van der Waals surface area contributed by atoms with Crippen LogP contribution < -0.4 is 0 Å². The Hall–Kier alpha value is -2.15. The van der Waals surface area contributed by atoms with E-state index in [9.17, 15) is 13.2 Å². The van der Waals surface area contributed by atoms with Crippen molar-refractivity contribution in [1.29, 1.82) is 0 Å². The average molecular weight is 347 g/mol. The monoisotopic (exact) mass is 347 g/mol. The van der Waals surface area contributed by atoms with Gasteiger partial charge in [0.2, 0.25) is 0 Å². The molecule has 1 aromatic heterocycles. The number of hydrogen-bond acceptors (Lipinski definition) is 4. The summed E-state index contributed by atoms with van der Waals surface area (Å²) in [6, 6.07) is 8.27. The maximum Gasteiger partial charge on any atom is 0.253 e. The summed E-state index contributed by atoms with van der Waals surface area (Å²) >= 11 is 0. The average Bonchev–Trinajstić information content (AvgIpc) is 3.00. The Morgan fingerprint density at radius 3 is 2.79 bits per heavy atom. The van der Waals surface area contributed by atoms with E-state index in [1.165, 1.54) is 12.1 Å². The number of likely N-dealkylation sites (tertiary alicyclic amines) is 1. The molecule has 1 amide bonds. The van der Waals surface area contributed by atoms with Gasteiger partial charge in [0.1, 0.15) is 0 Å². The first kappa shape index (κ1) is 16.7. The number of aryl methyl sites for hydroxylation is 1. The molecule has 0 spiro atoms. The van der Waals surface area contributed by atoms with Gasteiger partial charge in [0.05, 0.1) is 10.6 Å². The molecule has 1 fully saturated rings. The van der Waals surface area contributed by atoms with Crippen LogP contribution in [0.3, 0.4) is 0 Å². The van der Waals surface area contributed by atoms with Crippen LogP contribution >= 0.6 is 0 Å². The third-order valence-corrected chi connectivity index (χ3v) is 5.47. The van der Waals surface area contributed by atoms with Gasteiger partial charge in [0.15, 0.2) is 9.84 Å². The van der Waals surface area contributed by atoms with Gasteiger partial charge in [0.25, 0.3) is 5.91 Å². The number of aromatic nitrogens is 2. The van der Waals surface area contributed by atoms with Crippen LogP contribution in [0.4, 0.5) is 0 Å². The molecule has 1 aliphatic rings. The van der Waals surface area contributed by atoms with Gasteiger partial charge in [-0.25, -0.2) is 8.42 Å². The number of carbonyl (C=O) groups is 1. The van der Waals surface area contributed by atoms with Crippen molar-refractivity contribution in [3.8, 4) is 0 Å². The number of nitrogens with one attached hydrogen (secondary N) is 1. The first-order valence-electron chi connectivity index (χ1n) is 7.96. The highest BCUT2D eigenvalue weighted by Gasteiger charge is 2.27. The van der Waals surface area contributed by atoms with Crippen molar-refractivity contribution < 1.29 is 13.2 Å². The predicted octanol–water partition coefficient (Wildman–Crippen LogP) is 2.14. The third kappa shape index (κ3) is 3.51. The largest absolute Gasteiger partial charge is 0.338 e. The maximum absolute atomic E-state index is 12.8. The van der Waals surface area contributed by atoms with E-state index in [1.807, 2.05) is 13.0 Å². The normalized spacial score (nSPS) is 18.6. The van der Waals surface area contributed by atoms with E-state index >= 15 is 0 Å². The smallest absolute Gasteiger partial charge is 0.253 e. The Kier molecular flexibility index (Phi) is 4.45. The van der Waals surface area contributed by atoms with Crippen molar-refractivity contribution in [1.82, 2.24) is 15.1 Å². The second kappa shape index (κ2) is 6.39. The third-order valence-electron chi connectivity index (χ3n) is 4.36. The van der Waals surface area contributed by atoms with Gasteiger partial charge < -0.3 is 4.90 Å². The molecule has 0 unspecified atom stereocenters. The van der Waals surface area contributed by atoms with Gasteiger partial charge in [-0.05, 0) is 44.0 Å². The van der Waals surface area contributed by atoms with Crippen LogP contribution in [-0.2, 0) is 9.84 Å². The van der Waals surface area contributed by atoms with E-state index in [2.05, 4.69) is 10.2 Å². The Morgan fingerprint density at radius 1 is 1.33 bits per heavy atom. The number of benzene rings is 1. The number of amides is 1. The summed E-state index contributed by atoms with van der Waals surface area (Å²) in [7, 11) is -3.33. The minimum atomic E-state index is -3.33. The Labute approximate surface area is 141 Å². The number of hydrogen-bond donors (Lipinski definition) is 1. The maximum atomic E-state index is 12.8. The highest BCUT2D eigenvalue weighted by molar-refractivity contribution is 7.90. The van der Waals surface area contributed by atoms with Crippen LogP contribution in [0.1, 0.15) is 40.5 Å². The molecule has 1 aromatic carbocycles. The van der Waals surface area contributed by atoms with Crippen LogP contribution in [-0.4, -0.2) is 48.8 Å². The van der Waals surface area contributed by atoms with Gasteiger partial charge in [-0.15, -0.1) is 0 Å². The molecule has 0 saturated carbocycles. The Morgan fingerprint density at radius 2 is 2.12 bits per heavy atom. The number of H-pyrrole nitrogens is 1. The fraction of sp³-hybridized carbons (Fsp3) is 0.412. The van der Waals surface area contributed by atoms with Crippen molar-refractivity contribution in [2.24, 2.45) is 0 Å². The van der Waals surface area contributed by atoms with E-state index < -0.39 is 9.84 Å². The molecular formula is C17H21N3O3S. The van der Waals surface area contributed by atoms with Crippen LogP contribution in [0.5, 0.6) is 0 Å². The van der Waals surface area contributed by atoms with Gasteiger partial charge in [-0.3, -0.25) is 9.89 Å². The fourth-order valence-electron chi connectivity index (χ4n) is 3.09. The lowest BCUT2D eigenvalue weighted by molar-refractivity contribution is 0.0705. The van der Waals surface area contributed by atoms with E-state index in [-0.39, 0.29) is 16.7 Å². The van der Waals surface area contributed by atoms with Gasteiger partial charge in [-0.1, -0.05) is 6.07 Å². The summed E-state index contributed by atoms with van der Waals surface area (Å²) in [5.41, 5.74) is 2.40. The molecule has 1 saturated heterocycles. The number of rotatable bonds is 3. The molecular weight excluding hydrogens is 326 g/mol. The van der Waals surface area contributed by atoms with Crippen molar-refractivity contribution in [3.05, 3.63) is 47.3 Å². The number of nitrogens with zero attached hydrogens (tertiary/aromatic N) is 2. The number of piperidine rings is 1. The summed E-state index contributed by atoms with van der Waals surface area (Å²) in [5, 5.41) is 7.26. The zero-order chi connectivity index (χ0) is 17.3. The van der Waals surface area contributed by atoms with Crippen molar-refractivity contribution >= 4 is 15.7 Å². The number of sulfone groups is 1. The van der Waals surface area contributed by atoms with E-state index in [0.29, 0.717) is 18.7 Å². The molecule has 1 N–H and O–H groups in total. The lowest BCUT2D eigenvalue weighted by Crippen LogP contribution is -2.39. The van der Waals surface area contributed by atoms with Crippen molar-refractivity contribution in [2.45, 2.75) is 30.6 Å². The first-order chi connectivity index (χ1) is 11.3. The van der Waals surface area contributed by atoms with Crippen LogP contribution in [0, 0.1) is 6.92 Å². The van der Waals surface area contributed by atoms with Gasteiger partial charge in [0, 0.05) is 36.5 Å². The summed E-state index contributed by atoms with van der Waals surface area (Å²) < 4.78 is 23.4. The van der Waals surface area contributed by atoms with E-state index in [1.54, 1.807) is 17.0 Å². The van der Waals surface area contributed by atoms with E-state index in [4.69, 9.17) is 0 Å². The predicted molar refractivity (Wildman–Crippen MR) is 90.8 cm³/mol. The molecule has 0 bridgehead atoms. The topological polar surface area (TPSA) is 83.1 Å². The minimum absolute atomic E-state index is 0.127. The van der Waals surface area contributed by atoms with Crippen LogP contribution in [0.2, 0.25) is 0 Å². The molecule has 0 aliphatic carbocycles. The second-order valence-corrected chi connectivity index (χ2v) is 8.38. The minimum Gasteiger partial charge on any atom is -0.338 e. The Balaban J connectivity index is 1.80. The first-order valence-corrected chi connectivity index (χ1v) is 9.85. The standard InChI is InChI=1S/C17H21N3O3S/c1-12-9-16(19-18-12)14-6-4-8-20(11-14)17(21)13-5-3-7-15(10-13)24(2,22)23/h3,5,7,9-10,14H,4,6,8,11H2,1-2H3,(H,18,19)/t14-/m0/s1. The molecule has 128 valence electrons. The van der Waals surface area contributed by atoms with Crippen LogP contribution in [0.15, 0.2) is 35.2 Å². The van der Waals surface area contributed by atoms with E-state index in [0.717, 1.165) is 30.5 Å². The van der Waals surface area contributed by atoms with Gasteiger partial charge in [-0.2, -0.15) is 5.10 Å². The molecule has 1 aliphatic heterocycles. The molecule has 24 heavy (non-hydrogen) atoms. The zero-order valence-electron chi connectivity index (χ0n) is 13.8. The fourth-order valence-corrected chi connectivity index (χ4v) is 3.76. The number of aromatic amines is 1. The highest BCUT2D eigenvalue weighted by Crippen LogP contribution is 2.27. The number of carbonyl (C=O) groups excluding carboxylic acids is 1.